The standard InChI is InChI=1S/C13H16F2N2O4/c14-11(15)8-21-6-5-16-13(20)17-7-9-1-3-10(4-2-9)12(18)19/h1-4,11H,5-8H2,(H,18,19)(H2,16,17,20). The number of hydrogen-bond acceptors (Lipinski definition) is 3. The Morgan fingerprint density at radius 3 is 2.43 bits per heavy atom. The minimum absolute atomic E-state index is 0.00503. The highest BCUT2D eigenvalue weighted by Gasteiger charge is 2.04. The van der Waals surface area contributed by atoms with Crippen molar-refractivity contribution in [2.45, 2.75) is 13.0 Å². The van der Waals surface area contributed by atoms with Gasteiger partial charge in [0, 0.05) is 13.1 Å². The van der Waals surface area contributed by atoms with Crippen LogP contribution in [0.5, 0.6) is 0 Å². The SMILES string of the molecule is O=C(NCCOCC(F)F)NCc1ccc(C(=O)O)cc1. The maximum absolute atomic E-state index is 11.7. The largest absolute Gasteiger partial charge is 0.478 e. The van der Waals surface area contributed by atoms with Crippen molar-refractivity contribution < 1.29 is 28.2 Å². The van der Waals surface area contributed by atoms with Crippen LogP contribution in [-0.4, -0.2) is 43.3 Å². The normalized spacial score (nSPS) is 10.4. The third-order valence-electron chi connectivity index (χ3n) is 2.43. The van der Waals surface area contributed by atoms with Gasteiger partial charge < -0.3 is 20.5 Å². The number of carbonyl (C=O) groups excluding carboxylic acids is 1. The lowest BCUT2D eigenvalue weighted by Gasteiger charge is -2.08. The van der Waals surface area contributed by atoms with E-state index in [1.165, 1.54) is 12.1 Å². The number of benzene rings is 1. The molecule has 0 unspecified atom stereocenters. The summed E-state index contributed by atoms with van der Waals surface area (Å²) in [5.41, 5.74) is 0.906. The predicted molar refractivity (Wildman–Crippen MR) is 70.5 cm³/mol. The van der Waals surface area contributed by atoms with Crippen molar-refractivity contribution >= 4 is 12.0 Å². The molecule has 3 N–H and O–H groups in total. The van der Waals surface area contributed by atoms with Crippen molar-refractivity contribution in [1.29, 1.82) is 0 Å². The van der Waals surface area contributed by atoms with E-state index in [0.717, 1.165) is 5.56 Å². The molecular formula is C13H16F2N2O4. The quantitative estimate of drug-likeness (QED) is 0.635. The van der Waals surface area contributed by atoms with Crippen LogP contribution in [0, 0.1) is 0 Å². The number of aromatic carboxylic acids is 1. The van der Waals surface area contributed by atoms with Gasteiger partial charge in [-0.15, -0.1) is 0 Å². The highest BCUT2D eigenvalue weighted by molar-refractivity contribution is 5.87. The van der Waals surface area contributed by atoms with Crippen LogP contribution in [-0.2, 0) is 11.3 Å². The molecule has 0 aromatic heterocycles. The molecule has 0 fully saturated rings. The lowest BCUT2D eigenvalue weighted by molar-refractivity contribution is 0.0193. The van der Waals surface area contributed by atoms with Gasteiger partial charge in [-0.2, -0.15) is 0 Å². The van der Waals surface area contributed by atoms with Crippen LogP contribution in [0.25, 0.3) is 0 Å². The first-order chi connectivity index (χ1) is 9.99. The number of halogens is 2. The molecule has 1 aromatic carbocycles. The highest BCUT2D eigenvalue weighted by atomic mass is 19.3. The Morgan fingerprint density at radius 1 is 1.19 bits per heavy atom. The van der Waals surface area contributed by atoms with Crippen molar-refractivity contribution in [1.82, 2.24) is 10.6 Å². The van der Waals surface area contributed by atoms with E-state index in [9.17, 15) is 18.4 Å². The summed E-state index contributed by atoms with van der Waals surface area (Å²) in [6, 6.07) is 5.61. The fourth-order valence-corrected chi connectivity index (χ4v) is 1.42. The Kier molecular flexibility index (Phi) is 7.10. The summed E-state index contributed by atoms with van der Waals surface area (Å²) in [7, 11) is 0. The van der Waals surface area contributed by atoms with Gasteiger partial charge in [0.1, 0.15) is 6.61 Å². The molecule has 6 nitrogen and oxygen atoms in total. The van der Waals surface area contributed by atoms with E-state index in [0.29, 0.717) is 0 Å². The van der Waals surface area contributed by atoms with Gasteiger partial charge in [0.2, 0.25) is 0 Å². The summed E-state index contributed by atoms with van der Waals surface area (Å²) >= 11 is 0. The summed E-state index contributed by atoms with van der Waals surface area (Å²) < 4.78 is 28.1. The zero-order valence-electron chi connectivity index (χ0n) is 11.1. The van der Waals surface area contributed by atoms with Crippen LogP contribution in [0.1, 0.15) is 15.9 Å². The predicted octanol–water partition coefficient (Wildman–Crippen LogP) is 1.47. The zero-order valence-corrected chi connectivity index (χ0v) is 11.1. The third-order valence-corrected chi connectivity index (χ3v) is 2.43. The van der Waals surface area contributed by atoms with Gasteiger partial charge in [-0.25, -0.2) is 18.4 Å². The topological polar surface area (TPSA) is 87.7 Å². The molecule has 0 bridgehead atoms. The summed E-state index contributed by atoms with van der Waals surface area (Å²) in [6.45, 7) is -0.301. The van der Waals surface area contributed by atoms with Crippen LogP contribution >= 0.6 is 0 Å². The van der Waals surface area contributed by atoms with E-state index in [1.807, 2.05) is 0 Å². The Balaban J connectivity index is 2.19. The van der Waals surface area contributed by atoms with Gasteiger partial charge in [-0.3, -0.25) is 0 Å². The number of ether oxygens (including phenoxy) is 1. The number of urea groups is 1. The van der Waals surface area contributed by atoms with Gasteiger partial charge in [0.25, 0.3) is 6.43 Å². The Morgan fingerprint density at radius 2 is 1.86 bits per heavy atom. The number of hydrogen-bond donors (Lipinski definition) is 3. The summed E-state index contributed by atoms with van der Waals surface area (Å²) in [6.07, 6.45) is -2.52. The molecule has 0 saturated heterocycles. The number of nitrogens with one attached hydrogen (secondary N) is 2. The van der Waals surface area contributed by atoms with E-state index < -0.39 is 25.0 Å². The smallest absolute Gasteiger partial charge is 0.335 e. The van der Waals surface area contributed by atoms with Crippen molar-refractivity contribution in [3.05, 3.63) is 35.4 Å². The molecule has 0 aliphatic rings. The van der Waals surface area contributed by atoms with Gasteiger partial charge in [0.05, 0.1) is 12.2 Å². The first-order valence-corrected chi connectivity index (χ1v) is 6.19. The second-order valence-electron chi connectivity index (χ2n) is 4.08. The average Bonchev–Trinajstić information content (AvgIpc) is 2.44. The van der Waals surface area contributed by atoms with E-state index in [4.69, 9.17) is 5.11 Å². The molecular weight excluding hydrogens is 286 g/mol. The number of carbonyl (C=O) groups is 2. The number of amides is 2. The Labute approximate surface area is 120 Å². The maximum Gasteiger partial charge on any atom is 0.335 e. The van der Waals surface area contributed by atoms with Gasteiger partial charge >= 0.3 is 12.0 Å². The first-order valence-electron chi connectivity index (χ1n) is 6.19. The third kappa shape index (κ3) is 7.21. The van der Waals surface area contributed by atoms with Gasteiger partial charge in [-0.1, -0.05) is 12.1 Å². The van der Waals surface area contributed by atoms with Crippen molar-refractivity contribution in [3.63, 3.8) is 0 Å². The van der Waals surface area contributed by atoms with Crippen LogP contribution in [0.4, 0.5) is 13.6 Å². The molecule has 116 valence electrons. The molecule has 1 rings (SSSR count). The number of carboxylic acids is 1. The zero-order chi connectivity index (χ0) is 15.7. The van der Waals surface area contributed by atoms with Crippen molar-refractivity contribution in [3.8, 4) is 0 Å². The lowest BCUT2D eigenvalue weighted by atomic mass is 10.1. The van der Waals surface area contributed by atoms with E-state index in [-0.39, 0.29) is 25.3 Å². The monoisotopic (exact) mass is 302 g/mol. The van der Waals surface area contributed by atoms with Gasteiger partial charge in [0.15, 0.2) is 0 Å². The van der Waals surface area contributed by atoms with E-state index in [2.05, 4.69) is 15.4 Å². The molecule has 0 aliphatic carbocycles. The van der Waals surface area contributed by atoms with E-state index >= 15 is 0 Å². The molecule has 0 heterocycles. The first kappa shape index (κ1) is 16.8. The maximum atomic E-state index is 11.7. The molecule has 2 amide bonds. The second kappa shape index (κ2) is 8.85. The minimum Gasteiger partial charge on any atom is -0.478 e. The van der Waals surface area contributed by atoms with Crippen LogP contribution < -0.4 is 10.6 Å². The van der Waals surface area contributed by atoms with Crippen molar-refractivity contribution in [2.24, 2.45) is 0 Å². The van der Waals surface area contributed by atoms with E-state index in [1.54, 1.807) is 12.1 Å². The van der Waals surface area contributed by atoms with Crippen LogP contribution in [0.15, 0.2) is 24.3 Å². The van der Waals surface area contributed by atoms with Gasteiger partial charge in [-0.05, 0) is 17.7 Å². The molecule has 1 aromatic rings. The van der Waals surface area contributed by atoms with Crippen molar-refractivity contribution in [2.75, 3.05) is 19.8 Å². The average molecular weight is 302 g/mol. The highest BCUT2D eigenvalue weighted by Crippen LogP contribution is 2.04. The summed E-state index contributed by atoms with van der Waals surface area (Å²) in [5.74, 6) is -1.02. The van der Waals surface area contributed by atoms with Crippen LogP contribution in [0.3, 0.4) is 0 Å². The number of carboxylic acid groups (broad SMARTS) is 1. The second-order valence-corrected chi connectivity index (χ2v) is 4.08. The number of rotatable bonds is 8. The molecule has 0 radical (unpaired) electrons. The Hall–Kier alpha value is -2.22. The fourth-order valence-electron chi connectivity index (χ4n) is 1.42. The number of alkyl halides is 2. The fraction of sp³-hybridized carbons (Fsp3) is 0.385. The molecule has 0 aliphatic heterocycles. The van der Waals surface area contributed by atoms with Crippen LogP contribution in [0.2, 0.25) is 0 Å². The molecule has 0 atom stereocenters. The summed E-state index contributed by atoms with van der Waals surface area (Å²) in [4.78, 5) is 22.0. The summed E-state index contributed by atoms with van der Waals surface area (Å²) in [5, 5.41) is 13.7. The lowest BCUT2D eigenvalue weighted by Crippen LogP contribution is -2.37. The molecule has 8 heteroatoms. The Bertz CT molecular complexity index is 466. The molecule has 0 spiro atoms. The molecule has 21 heavy (non-hydrogen) atoms. The molecule has 0 saturated carbocycles. The minimum atomic E-state index is -2.52.